The zero-order valence-corrected chi connectivity index (χ0v) is 11.6. The van der Waals surface area contributed by atoms with Crippen LogP contribution in [0.2, 0.25) is 0 Å². The van der Waals surface area contributed by atoms with Gasteiger partial charge >= 0.3 is 0 Å². The summed E-state index contributed by atoms with van der Waals surface area (Å²) >= 11 is 1.86. The number of rotatable bonds is 8. The Bertz CT molecular complexity index is 296. The minimum atomic E-state index is 0.831. The smallest absolute Gasteiger partial charge is 0.225 e. The Kier molecular flexibility index (Phi) is 6.65. The van der Waals surface area contributed by atoms with Crippen LogP contribution in [-0.2, 0) is 17.7 Å². The van der Waals surface area contributed by atoms with Crippen LogP contribution in [0.25, 0.3) is 0 Å². The van der Waals surface area contributed by atoms with Gasteiger partial charge in [0.05, 0.1) is 11.5 Å². The fraction of sp³-hybridized carbons (Fsp3) is 0.769. The molecule has 0 saturated carbocycles. The summed E-state index contributed by atoms with van der Waals surface area (Å²) in [6.07, 6.45) is 6.38. The van der Waals surface area contributed by atoms with Crippen molar-refractivity contribution in [2.75, 3.05) is 13.7 Å². The highest BCUT2D eigenvalue weighted by atomic mass is 32.1. The summed E-state index contributed by atoms with van der Waals surface area (Å²) in [5.74, 6) is 0. The van der Waals surface area contributed by atoms with Gasteiger partial charge in [0.1, 0.15) is 6.54 Å². The second kappa shape index (κ2) is 7.80. The minimum Gasteiger partial charge on any atom is -0.384 e. The number of hydrogen-bond acceptors (Lipinski definition) is 2. The lowest BCUT2D eigenvalue weighted by Crippen LogP contribution is -2.34. The van der Waals surface area contributed by atoms with Gasteiger partial charge in [0, 0.05) is 26.9 Å². The van der Waals surface area contributed by atoms with E-state index >= 15 is 0 Å². The highest BCUT2D eigenvalue weighted by Gasteiger charge is 2.13. The lowest BCUT2D eigenvalue weighted by atomic mass is 10.2. The van der Waals surface area contributed by atoms with Crippen molar-refractivity contribution in [1.29, 1.82) is 0 Å². The van der Waals surface area contributed by atoms with E-state index in [2.05, 4.69) is 23.9 Å². The average Bonchev–Trinajstić information content (AvgIpc) is 2.64. The van der Waals surface area contributed by atoms with Gasteiger partial charge in [-0.1, -0.05) is 31.1 Å². The Hall–Kier alpha value is -0.410. The standard InChI is InChI=1S/C13H24NOS/c1-4-5-6-7-9-14-11-16-13(12(14)2)8-10-15-3/h11H,4-10H2,1-3H3/q+1. The lowest BCUT2D eigenvalue weighted by Gasteiger charge is -1.98. The van der Waals surface area contributed by atoms with Crippen LogP contribution in [0.4, 0.5) is 0 Å². The van der Waals surface area contributed by atoms with Crippen molar-refractivity contribution in [1.82, 2.24) is 0 Å². The summed E-state index contributed by atoms with van der Waals surface area (Å²) < 4.78 is 7.51. The zero-order valence-electron chi connectivity index (χ0n) is 10.8. The van der Waals surface area contributed by atoms with Gasteiger partial charge in [0.2, 0.25) is 5.51 Å². The van der Waals surface area contributed by atoms with Crippen molar-refractivity contribution in [2.24, 2.45) is 0 Å². The van der Waals surface area contributed by atoms with Gasteiger partial charge in [-0.05, 0) is 6.42 Å². The molecular formula is C13H24NOS+. The van der Waals surface area contributed by atoms with Crippen molar-refractivity contribution in [3.63, 3.8) is 0 Å². The van der Waals surface area contributed by atoms with Crippen molar-refractivity contribution in [3.05, 3.63) is 16.1 Å². The first-order valence-electron chi connectivity index (χ1n) is 6.25. The fourth-order valence-electron chi connectivity index (χ4n) is 1.82. The summed E-state index contributed by atoms with van der Waals surface area (Å²) in [6, 6.07) is 0. The summed E-state index contributed by atoms with van der Waals surface area (Å²) in [6.45, 7) is 6.49. The number of aromatic nitrogens is 1. The Morgan fingerprint density at radius 2 is 2.12 bits per heavy atom. The summed E-state index contributed by atoms with van der Waals surface area (Å²) in [7, 11) is 1.77. The maximum absolute atomic E-state index is 5.12. The Balaban J connectivity index is 2.38. The zero-order chi connectivity index (χ0) is 11.8. The van der Waals surface area contributed by atoms with E-state index < -0.39 is 0 Å². The van der Waals surface area contributed by atoms with Gasteiger partial charge in [-0.2, -0.15) is 4.57 Å². The molecule has 1 heterocycles. The monoisotopic (exact) mass is 242 g/mol. The topological polar surface area (TPSA) is 13.1 Å². The highest BCUT2D eigenvalue weighted by Crippen LogP contribution is 2.12. The number of aryl methyl sites for hydroxylation is 1. The van der Waals surface area contributed by atoms with Gasteiger partial charge in [-0.3, -0.25) is 0 Å². The molecule has 0 aliphatic carbocycles. The molecule has 2 nitrogen and oxygen atoms in total. The first-order valence-corrected chi connectivity index (χ1v) is 7.13. The predicted molar refractivity (Wildman–Crippen MR) is 69.0 cm³/mol. The number of ether oxygens (including phenoxy) is 1. The van der Waals surface area contributed by atoms with Crippen LogP contribution in [0.1, 0.15) is 43.2 Å². The molecule has 0 radical (unpaired) electrons. The maximum Gasteiger partial charge on any atom is 0.225 e. The van der Waals surface area contributed by atoms with E-state index in [0.717, 1.165) is 13.0 Å². The first kappa shape index (κ1) is 13.7. The van der Waals surface area contributed by atoms with Crippen LogP contribution >= 0.6 is 11.3 Å². The van der Waals surface area contributed by atoms with Crippen molar-refractivity contribution in [2.45, 2.75) is 52.5 Å². The third-order valence-corrected chi connectivity index (χ3v) is 4.09. The number of unbranched alkanes of at least 4 members (excludes halogenated alkanes) is 3. The molecule has 1 aromatic heterocycles. The fourth-order valence-corrected chi connectivity index (χ4v) is 2.82. The Morgan fingerprint density at radius 1 is 1.31 bits per heavy atom. The molecule has 0 spiro atoms. The molecule has 1 rings (SSSR count). The SMILES string of the molecule is CCCCCC[n+]1csc(CCOC)c1C. The van der Waals surface area contributed by atoms with Crippen LogP contribution in [0.5, 0.6) is 0 Å². The summed E-state index contributed by atoms with van der Waals surface area (Å²) in [4.78, 5) is 1.47. The van der Waals surface area contributed by atoms with Crippen molar-refractivity contribution in [3.8, 4) is 0 Å². The van der Waals surface area contributed by atoms with Gasteiger partial charge in [-0.25, -0.2) is 0 Å². The molecule has 1 aromatic rings. The molecule has 0 saturated heterocycles. The molecule has 16 heavy (non-hydrogen) atoms. The number of hydrogen-bond donors (Lipinski definition) is 0. The first-order chi connectivity index (χ1) is 7.79. The average molecular weight is 242 g/mol. The number of nitrogens with zero attached hydrogens (tertiary/aromatic N) is 1. The second-order valence-corrected chi connectivity index (χ2v) is 5.17. The van der Waals surface area contributed by atoms with Crippen molar-refractivity contribution < 1.29 is 9.30 Å². The molecule has 0 unspecified atom stereocenters. The molecule has 0 amide bonds. The second-order valence-electron chi connectivity index (χ2n) is 4.23. The molecule has 0 fully saturated rings. The third-order valence-electron chi connectivity index (χ3n) is 2.94. The molecule has 0 aliphatic heterocycles. The molecule has 0 N–H and O–H groups in total. The maximum atomic E-state index is 5.12. The van der Waals surface area contributed by atoms with Crippen LogP contribution < -0.4 is 4.57 Å². The predicted octanol–water partition coefficient (Wildman–Crippen LogP) is 3.11. The minimum absolute atomic E-state index is 0.831. The van der Waals surface area contributed by atoms with Gasteiger partial charge in [0.15, 0.2) is 5.69 Å². The quantitative estimate of drug-likeness (QED) is 0.504. The summed E-state index contributed by atoms with van der Waals surface area (Å²) in [5.41, 5.74) is 3.69. The molecule has 0 aliphatic rings. The van der Waals surface area contributed by atoms with E-state index in [9.17, 15) is 0 Å². The third kappa shape index (κ3) is 4.22. The van der Waals surface area contributed by atoms with Gasteiger partial charge < -0.3 is 4.74 Å². The Labute approximate surface area is 103 Å². The highest BCUT2D eigenvalue weighted by molar-refractivity contribution is 7.09. The molecule has 0 aromatic carbocycles. The lowest BCUT2D eigenvalue weighted by molar-refractivity contribution is -0.698. The van der Waals surface area contributed by atoms with Crippen molar-refractivity contribution >= 4 is 11.3 Å². The van der Waals surface area contributed by atoms with Gasteiger partial charge in [-0.15, -0.1) is 0 Å². The molecular weight excluding hydrogens is 218 g/mol. The largest absolute Gasteiger partial charge is 0.384 e. The van der Waals surface area contributed by atoms with E-state index in [0.29, 0.717) is 0 Å². The van der Waals surface area contributed by atoms with Crippen LogP contribution in [-0.4, -0.2) is 13.7 Å². The van der Waals surface area contributed by atoms with Gasteiger partial charge in [0.25, 0.3) is 0 Å². The van der Waals surface area contributed by atoms with E-state index in [1.807, 2.05) is 11.3 Å². The molecule has 92 valence electrons. The van der Waals surface area contributed by atoms with Crippen LogP contribution in [0.3, 0.4) is 0 Å². The molecule has 3 heteroatoms. The van der Waals surface area contributed by atoms with Crippen LogP contribution in [0, 0.1) is 6.92 Å². The van der Waals surface area contributed by atoms with Crippen LogP contribution in [0.15, 0.2) is 5.51 Å². The number of thiazole rings is 1. The molecule has 0 bridgehead atoms. The van der Waals surface area contributed by atoms with E-state index in [1.165, 1.54) is 42.8 Å². The normalized spacial score (nSPS) is 10.9. The Morgan fingerprint density at radius 3 is 2.81 bits per heavy atom. The summed E-state index contributed by atoms with van der Waals surface area (Å²) in [5, 5.41) is 0. The van der Waals surface area contributed by atoms with E-state index in [4.69, 9.17) is 4.74 Å². The molecule has 0 atom stereocenters. The van der Waals surface area contributed by atoms with E-state index in [1.54, 1.807) is 7.11 Å². The number of methoxy groups -OCH3 is 1. The van der Waals surface area contributed by atoms with E-state index in [-0.39, 0.29) is 0 Å².